The van der Waals surface area contributed by atoms with Gasteiger partial charge in [-0.05, 0) is 37.5 Å². The van der Waals surface area contributed by atoms with Crippen LogP contribution in [0.2, 0.25) is 0 Å². The van der Waals surface area contributed by atoms with E-state index in [1.54, 1.807) is 6.92 Å². The van der Waals surface area contributed by atoms with Gasteiger partial charge in [0.2, 0.25) is 5.91 Å². The fraction of sp³-hybridized carbons (Fsp3) is 0.294. The van der Waals surface area contributed by atoms with E-state index in [9.17, 15) is 9.59 Å². The van der Waals surface area contributed by atoms with Crippen LogP contribution in [0.15, 0.2) is 29.3 Å². The number of hydrogen-bond acceptors (Lipinski definition) is 6. The molecule has 26 heavy (non-hydrogen) atoms. The number of carbonyl (C=O) groups is 2. The number of aromatic nitrogens is 1. The second-order valence-electron chi connectivity index (χ2n) is 5.40. The molecule has 0 aliphatic carbocycles. The summed E-state index contributed by atoms with van der Waals surface area (Å²) in [5.74, 6) is -0.666. The van der Waals surface area contributed by atoms with Gasteiger partial charge < -0.3 is 21.5 Å². The summed E-state index contributed by atoms with van der Waals surface area (Å²) in [6.07, 6.45) is 1.20. The van der Waals surface area contributed by atoms with Gasteiger partial charge in [-0.15, -0.1) is 0 Å². The Labute approximate surface area is 155 Å². The number of benzene rings is 1. The average Bonchev–Trinajstić information content (AvgIpc) is 2.96. The van der Waals surface area contributed by atoms with Crippen LogP contribution < -0.4 is 16.8 Å². The Kier molecular flexibility index (Phi) is 6.67. The Hall–Kier alpha value is -2.94. The summed E-state index contributed by atoms with van der Waals surface area (Å²) in [5.41, 5.74) is 13.0. The second kappa shape index (κ2) is 8.95. The predicted octanol–water partition coefficient (Wildman–Crippen LogP) is 1.97. The molecule has 0 fully saturated rings. The van der Waals surface area contributed by atoms with Crippen molar-refractivity contribution < 1.29 is 14.3 Å². The quantitative estimate of drug-likeness (QED) is 0.385. The van der Waals surface area contributed by atoms with Gasteiger partial charge >= 0.3 is 5.97 Å². The Morgan fingerprint density at radius 1 is 1.23 bits per heavy atom. The number of thiazole rings is 1. The van der Waals surface area contributed by atoms with Crippen LogP contribution in [-0.4, -0.2) is 29.4 Å². The number of nitrogens with zero attached hydrogens (tertiary/aromatic N) is 2. The Morgan fingerprint density at radius 3 is 2.50 bits per heavy atom. The number of anilines is 1. The van der Waals surface area contributed by atoms with E-state index < -0.39 is 5.97 Å². The molecule has 8 nitrogen and oxygen atoms in total. The summed E-state index contributed by atoms with van der Waals surface area (Å²) >= 11 is 1.12. The third-order valence-corrected chi connectivity index (χ3v) is 4.28. The SMILES string of the molecule is CCOC(=O)c1sc(NC(C)=O)nc1CCc1ccc(N=C(N)N)cc1. The fourth-order valence-electron chi connectivity index (χ4n) is 2.23. The number of nitrogens with two attached hydrogens (primary N) is 2. The van der Waals surface area contributed by atoms with Gasteiger partial charge in [-0.1, -0.05) is 23.5 Å². The van der Waals surface area contributed by atoms with Crippen LogP contribution in [-0.2, 0) is 22.4 Å². The molecule has 2 rings (SSSR count). The summed E-state index contributed by atoms with van der Waals surface area (Å²) in [4.78, 5) is 32.1. The molecule has 0 atom stereocenters. The Bertz CT molecular complexity index is 810. The molecule has 0 aliphatic heterocycles. The molecular weight excluding hydrogens is 354 g/mol. The number of guanidine groups is 1. The van der Waals surface area contributed by atoms with Gasteiger partial charge in [-0.2, -0.15) is 0 Å². The van der Waals surface area contributed by atoms with Crippen molar-refractivity contribution in [1.29, 1.82) is 0 Å². The van der Waals surface area contributed by atoms with Gasteiger partial charge in [0.1, 0.15) is 4.88 Å². The van der Waals surface area contributed by atoms with Crippen molar-refractivity contribution in [2.45, 2.75) is 26.7 Å². The number of hydrogen-bond donors (Lipinski definition) is 3. The molecule has 1 aromatic carbocycles. The smallest absolute Gasteiger partial charge is 0.350 e. The highest BCUT2D eigenvalue weighted by Crippen LogP contribution is 2.25. The van der Waals surface area contributed by atoms with Crippen LogP contribution in [0.5, 0.6) is 0 Å². The molecule has 0 saturated carbocycles. The third-order valence-electron chi connectivity index (χ3n) is 3.29. The van der Waals surface area contributed by atoms with Crippen molar-refractivity contribution in [2.75, 3.05) is 11.9 Å². The van der Waals surface area contributed by atoms with Gasteiger partial charge in [-0.3, -0.25) is 4.79 Å². The van der Waals surface area contributed by atoms with Gasteiger partial charge in [-0.25, -0.2) is 14.8 Å². The molecule has 0 radical (unpaired) electrons. The van der Waals surface area contributed by atoms with Crippen molar-refractivity contribution in [2.24, 2.45) is 16.5 Å². The Balaban J connectivity index is 2.14. The number of amides is 1. The van der Waals surface area contributed by atoms with Crippen LogP contribution in [0.1, 0.15) is 34.8 Å². The number of nitrogens with one attached hydrogen (secondary N) is 1. The predicted molar refractivity (Wildman–Crippen MR) is 102 cm³/mol. The van der Waals surface area contributed by atoms with Crippen molar-refractivity contribution in [1.82, 2.24) is 4.98 Å². The van der Waals surface area contributed by atoms with Crippen molar-refractivity contribution in [3.05, 3.63) is 40.4 Å². The largest absolute Gasteiger partial charge is 0.462 e. The molecule has 0 saturated heterocycles. The summed E-state index contributed by atoms with van der Waals surface area (Å²) in [7, 11) is 0. The van der Waals surface area contributed by atoms with Gasteiger partial charge in [0.05, 0.1) is 18.0 Å². The highest BCUT2D eigenvalue weighted by Gasteiger charge is 2.19. The molecule has 9 heteroatoms. The lowest BCUT2D eigenvalue weighted by Gasteiger charge is -2.03. The first-order valence-electron chi connectivity index (χ1n) is 8.02. The van der Waals surface area contributed by atoms with Gasteiger partial charge in [0.25, 0.3) is 0 Å². The zero-order valence-electron chi connectivity index (χ0n) is 14.6. The normalized spacial score (nSPS) is 10.2. The van der Waals surface area contributed by atoms with Crippen LogP contribution in [0, 0.1) is 0 Å². The molecule has 138 valence electrons. The molecule has 5 N–H and O–H groups in total. The van der Waals surface area contributed by atoms with Crippen molar-refractivity contribution in [3.63, 3.8) is 0 Å². The maximum Gasteiger partial charge on any atom is 0.350 e. The topological polar surface area (TPSA) is 133 Å². The molecule has 0 spiro atoms. The summed E-state index contributed by atoms with van der Waals surface area (Å²) in [5, 5.41) is 3.00. The number of esters is 1. The van der Waals surface area contributed by atoms with Crippen LogP contribution in [0.25, 0.3) is 0 Å². The maximum absolute atomic E-state index is 12.1. The van der Waals surface area contributed by atoms with Crippen molar-refractivity contribution in [3.8, 4) is 0 Å². The second-order valence-corrected chi connectivity index (χ2v) is 6.40. The number of ether oxygens (including phenoxy) is 1. The van der Waals surface area contributed by atoms with E-state index in [2.05, 4.69) is 15.3 Å². The molecule has 0 aliphatic rings. The van der Waals surface area contributed by atoms with E-state index in [4.69, 9.17) is 16.2 Å². The van der Waals surface area contributed by atoms with Gasteiger partial charge in [0, 0.05) is 6.92 Å². The zero-order chi connectivity index (χ0) is 19.1. The van der Waals surface area contributed by atoms with E-state index in [1.807, 2.05) is 24.3 Å². The lowest BCUT2D eigenvalue weighted by atomic mass is 10.1. The maximum atomic E-state index is 12.1. The lowest BCUT2D eigenvalue weighted by molar-refractivity contribution is -0.114. The monoisotopic (exact) mass is 375 g/mol. The summed E-state index contributed by atoms with van der Waals surface area (Å²) < 4.78 is 5.07. The van der Waals surface area contributed by atoms with E-state index >= 15 is 0 Å². The first-order chi connectivity index (χ1) is 12.4. The molecular formula is C17H21N5O3S. The fourth-order valence-corrected chi connectivity index (χ4v) is 3.18. The van der Waals surface area contributed by atoms with Crippen LogP contribution in [0.4, 0.5) is 10.8 Å². The number of aliphatic imine (C=N–C) groups is 1. The lowest BCUT2D eigenvalue weighted by Crippen LogP contribution is -2.21. The molecule has 1 amide bonds. The van der Waals surface area contributed by atoms with E-state index in [0.717, 1.165) is 16.9 Å². The van der Waals surface area contributed by atoms with Crippen molar-refractivity contribution >= 4 is 40.0 Å². The molecule has 1 aromatic heterocycles. The third kappa shape index (κ3) is 5.55. The molecule has 0 bridgehead atoms. The molecule has 1 heterocycles. The first kappa shape index (κ1) is 19.4. The highest BCUT2D eigenvalue weighted by atomic mass is 32.1. The summed E-state index contributed by atoms with van der Waals surface area (Å²) in [6.45, 7) is 3.41. The van der Waals surface area contributed by atoms with E-state index in [-0.39, 0.29) is 18.5 Å². The molecule has 2 aromatic rings. The zero-order valence-corrected chi connectivity index (χ0v) is 15.4. The van der Waals surface area contributed by atoms with E-state index in [1.165, 1.54) is 6.92 Å². The van der Waals surface area contributed by atoms with Crippen LogP contribution in [0.3, 0.4) is 0 Å². The molecule has 0 unspecified atom stereocenters. The number of aryl methyl sites for hydroxylation is 2. The first-order valence-corrected chi connectivity index (χ1v) is 8.83. The minimum atomic E-state index is -0.431. The number of rotatable bonds is 7. The average molecular weight is 375 g/mol. The standard InChI is InChI=1S/C17H21N5O3S/c1-3-25-15(24)14-13(22-17(26-14)20-10(2)23)9-6-11-4-7-12(8-5-11)21-16(18)19/h4-5,7-8H,3,6,9H2,1-2H3,(H4,18,19,21)(H,20,22,23). The summed E-state index contributed by atoms with van der Waals surface area (Å²) in [6, 6.07) is 7.44. The Morgan fingerprint density at radius 2 is 1.92 bits per heavy atom. The highest BCUT2D eigenvalue weighted by molar-refractivity contribution is 7.17. The van der Waals surface area contributed by atoms with E-state index in [0.29, 0.717) is 34.2 Å². The number of carbonyl (C=O) groups excluding carboxylic acids is 2. The van der Waals surface area contributed by atoms with Gasteiger partial charge in [0.15, 0.2) is 11.1 Å². The minimum absolute atomic E-state index is 0.00445. The van der Waals surface area contributed by atoms with Crippen LogP contribution >= 0.6 is 11.3 Å². The minimum Gasteiger partial charge on any atom is -0.462 e.